The number of fused-ring (bicyclic) bond motifs is 1. The number of carbonyl (C=O) groups is 1. The van der Waals surface area contributed by atoms with Crippen molar-refractivity contribution >= 4 is 22.6 Å². The second-order valence-corrected chi connectivity index (χ2v) is 7.28. The Labute approximate surface area is 165 Å². The molecule has 2 aromatic carbocycles. The van der Waals surface area contributed by atoms with Crippen molar-refractivity contribution in [2.75, 3.05) is 31.2 Å². The smallest absolute Gasteiger partial charge is 0.253 e. The third-order valence-corrected chi connectivity index (χ3v) is 5.09. The average molecular weight is 378 g/mol. The number of hydrogen-bond donors (Lipinski definition) is 1. The first-order valence-corrected chi connectivity index (χ1v) is 9.81. The van der Waals surface area contributed by atoms with Crippen LogP contribution >= 0.6 is 0 Å². The Kier molecular flexibility index (Phi) is 5.30. The lowest BCUT2D eigenvalue weighted by Gasteiger charge is -2.30. The van der Waals surface area contributed by atoms with Gasteiger partial charge in [-0.1, -0.05) is 24.3 Å². The summed E-state index contributed by atoms with van der Waals surface area (Å²) in [4.78, 5) is 19.9. The molecule has 1 N–H and O–H groups in total. The first-order valence-electron chi connectivity index (χ1n) is 9.81. The number of imidazole rings is 1. The normalized spacial score (nSPS) is 14.6. The van der Waals surface area contributed by atoms with Gasteiger partial charge in [0.1, 0.15) is 5.82 Å². The Morgan fingerprint density at radius 3 is 2.61 bits per heavy atom. The highest BCUT2D eigenvalue weighted by Crippen LogP contribution is 2.23. The van der Waals surface area contributed by atoms with E-state index in [1.165, 1.54) is 0 Å². The summed E-state index contributed by atoms with van der Waals surface area (Å²) in [5.41, 5.74) is 3.70. The van der Waals surface area contributed by atoms with E-state index in [1.807, 2.05) is 42.5 Å². The number of nitrogens with zero attached hydrogens (tertiary/aromatic N) is 3. The Morgan fingerprint density at radius 2 is 1.82 bits per heavy atom. The van der Waals surface area contributed by atoms with E-state index in [4.69, 9.17) is 9.72 Å². The Hall–Kier alpha value is -2.86. The fraction of sp³-hybridized carbons (Fsp3) is 0.364. The van der Waals surface area contributed by atoms with Crippen LogP contribution in [-0.2, 0) is 11.3 Å². The fourth-order valence-corrected chi connectivity index (χ4v) is 3.80. The maximum atomic E-state index is 13.0. The van der Waals surface area contributed by atoms with Gasteiger partial charge in [0.2, 0.25) is 0 Å². The first-order chi connectivity index (χ1) is 13.6. The molecule has 1 aliphatic rings. The van der Waals surface area contributed by atoms with Gasteiger partial charge in [-0.05, 0) is 38.1 Å². The van der Waals surface area contributed by atoms with Crippen molar-refractivity contribution in [1.82, 2.24) is 14.9 Å². The minimum atomic E-state index is -0.0792. The van der Waals surface area contributed by atoms with Crippen molar-refractivity contribution in [3.8, 4) is 0 Å². The molecule has 0 saturated carbocycles. The molecule has 146 valence electrons. The molecule has 0 radical (unpaired) electrons. The van der Waals surface area contributed by atoms with Gasteiger partial charge in [-0.15, -0.1) is 0 Å². The third-order valence-electron chi connectivity index (χ3n) is 5.09. The van der Waals surface area contributed by atoms with Gasteiger partial charge >= 0.3 is 0 Å². The summed E-state index contributed by atoms with van der Waals surface area (Å²) in [5, 5.41) is 3.07. The number of amides is 1. The minimum absolute atomic E-state index is 0.0792. The van der Waals surface area contributed by atoms with Crippen LogP contribution in [0.2, 0.25) is 0 Å². The number of rotatable bonds is 5. The van der Waals surface area contributed by atoms with Crippen LogP contribution in [0.3, 0.4) is 0 Å². The molecule has 1 aromatic heterocycles. The third kappa shape index (κ3) is 3.60. The molecule has 28 heavy (non-hydrogen) atoms. The minimum Gasteiger partial charge on any atom is -0.378 e. The molecule has 2 heterocycles. The van der Waals surface area contributed by atoms with Crippen LogP contribution in [0.15, 0.2) is 48.5 Å². The monoisotopic (exact) mass is 378 g/mol. The lowest BCUT2D eigenvalue weighted by molar-refractivity contribution is 0.0948. The highest BCUT2D eigenvalue weighted by molar-refractivity contribution is 5.99. The van der Waals surface area contributed by atoms with Crippen LogP contribution in [0, 0.1) is 0 Å². The van der Waals surface area contributed by atoms with Gasteiger partial charge < -0.3 is 19.5 Å². The largest absolute Gasteiger partial charge is 0.378 e. The molecule has 1 amide bonds. The van der Waals surface area contributed by atoms with Gasteiger partial charge in [0.25, 0.3) is 5.91 Å². The van der Waals surface area contributed by atoms with E-state index >= 15 is 0 Å². The average Bonchev–Trinajstić information content (AvgIpc) is 3.11. The quantitative estimate of drug-likeness (QED) is 0.739. The predicted octanol–water partition coefficient (Wildman–Crippen LogP) is 3.38. The molecule has 1 fully saturated rings. The Morgan fingerprint density at radius 1 is 1.11 bits per heavy atom. The number of aromatic nitrogens is 2. The SMILES string of the molecule is CC(C)n1c(CNC(=O)c2ccccc2N2CCOCC2)nc2ccccc21. The Balaban J connectivity index is 1.56. The van der Waals surface area contributed by atoms with Crippen LogP contribution in [-0.4, -0.2) is 41.8 Å². The second-order valence-electron chi connectivity index (χ2n) is 7.28. The lowest BCUT2D eigenvalue weighted by atomic mass is 10.1. The first kappa shape index (κ1) is 18.5. The van der Waals surface area contributed by atoms with E-state index in [0.29, 0.717) is 25.3 Å². The molecule has 0 unspecified atom stereocenters. The van der Waals surface area contributed by atoms with Crippen LogP contribution in [0.1, 0.15) is 36.1 Å². The maximum Gasteiger partial charge on any atom is 0.253 e. The van der Waals surface area contributed by atoms with Crippen LogP contribution in [0.25, 0.3) is 11.0 Å². The summed E-state index contributed by atoms with van der Waals surface area (Å²) >= 11 is 0. The zero-order valence-corrected chi connectivity index (χ0v) is 16.4. The van der Waals surface area contributed by atoms with E-state index in [2.05, 4.69) is 34.7 Å². The summed E-state index contributed by atoms with van der Waals surface area (Å²) < 4.78 is 7.62. The van der Waals surface area contributed by atoms with E-state index in [9.17, 15) is 4.79 Å². The zero-order valence-electron chi connectivity index (χ0n) is 16.4. The fourth-order valence-electron chi connectivity index (χ4n) is 3.80. The molecule has 6 nitrogen and oxygen atoms in total. The number of para-hydroxylation sites is 3. The molecule has 0 bridgehead atoms. The summed E-state index contributed by atoms with van der Waals surface area (Å²) in [6, 6.07) is 16.1. The maximum absolute atomic E-state index is 13.0. The highest BCUT2D eigenvalue weighted by Gasteiger charge is 2.19. The van der Waals surface area contributed by atoms with E-state index in [-0.39, 0.29) is 11.9 Å². The second kappa shape index (κ2) is 8.02. The van der Waals surface area contributed by atoms with Gasteiger partial charge in [0.15, 0.2) is 0 Å². The highest BCUT2D eigenvalue weighted by atomic mass is 16.5. The molecule has 4 rings (SSSR count). The molecular weight excluding hydrogens is 352 g/mol. The zero-order chi connectivity index (χ0) is 19.5. The Bertz CT molecular complexity index is 974. The van der Waals surface area contributed by atoms with Gasteiger partial charge in [-0.3, -0.25) is 4.79 Å². The van der Waals surface area contributed by atoms with Crippen molar-refractivity contribution in [2.45, 2.75) is 26.4 Å². The van der Waals surface area contributed by atoms with Gasteiger partial charge in [0, 0.05) is 24.8 Å². The van der Waals surface area contributed by atoms with Crippen molar-refractivity contribution in [3.63, 3.8) is 0 Å². The van der Waals surface area contributed by atoms with E-state index in [0.717, 1.165) is 35.6 Å². The van der Waals surface area contributed by atoms with Crippen LogP contribution in [0.4, 0.5) is 5.69 Å². The number of anilines is 1. The van der Waals surface area contributed by atoms with Gasteiger partial charge in [-0.25, -0.2) is 4.98 Å². The predicted molar refractivity (Wildman–Crippen MR) is 111 cm³/mol. The van der Waals surface area contributed by atoms with Crippen molar-refractivity contribution < 1.29 is 9.53 Å². The molecule has 0 aliphatic carbocycles. The lowest BCUT2D eigenvalue weighted by Crippen LogP contribution is -2.38. The molecular formula is C22H26N4O2. The standard InChI is InChI=1S/C22H26N4O2/c1-16(2)26-20-10-6-4-8-18(20)24-21(26)15-23-22(27)17-7-3-5-9-19(17)25-11-13-28-14-12-25/h3-10,16H,11-15H2,1-2H3,(H,23,27). The number of nitrogens with one attached hydrogen (secondary N) is 1. The number of ether oxygens (including phenoxy) is 1. The van der Waals surface area contributed by atoms with Gasteiger partial charge in [-0.2, -0.15) is 0 Å². The van der Waals surface area contributed by atoms with E-state index < -0.39 is 0 Å². The summed E-state index contributed by atoms with van der Waals surface area (Å²) in [7, 11) is 0. The molecule has 6 heteroatoms. The molecule has 0 atom stereocenters. The van der Waals surface area contributed by atoms with Crippen molar-refractivity contribution in [3.05, 3.63) is 59.9 Å². The number of hydrogen-bond acceptors (Lipinski definition) is 4. The van der Waals surface area contributed by atoms with E-state index in [1.54, 1.807) is 0 Å². The molecule has 3 aromatic rings. The number of benzene rings is 2. The molecule has 1 saturated heterocycles. The number of morpholine rings is 1. The molecule has 1 aliphatic heterocycles. The molecule has 0 spiro atoms. The summed E-state index contributed by atoms with van der Waals surface area (Å²) in [6.07, 6.45) is 0. The summed E-state index contributed by atoms with van der Waals surface area (Å²) in [6.45, 7) is 7.63. The van der Waals surface area contributed by atoms with Crippen molar-refractivity contribution in [2.24, 2.45) is 0 Å². The van der Waals surface area contributed by atoms with Crippen LogP contribution < -0.4 is 10.2 Å². The van der Waals surface area contributed by atoms with Crippen molar-refractivity contribution in [1.29, 1.82) is 0 Å². The summed E-state index contributed by atoms with van der Waals surface area (Å²) in [5.74, 6) is 0.790. The topological polar surface area (TPSA) is 59.4 Å². The van der Waals surface area contributed by atoms with Gasteiger partial charge in [0.05, 0.1) is 36.4 Å². The number of carbonyl (C=O) groups excluding carboxylic acids is 1. The van der Waals surface area contributed by atoms with Crippen LogP contribution in [0.5, 0.6) is 0 Å².